The van der Waals surface area contributed by atoms with E-state index in [1.165, 1.54) is 4.81 Å². The third-order valence-corrected chi connectivity index (χ3v) is 0. The summed E-state index contributed by atoms with van der Waals surface area (Å²) < 4.78 is 0. The predicted molar refractivity (Wildman–Crippen MR) is 25.2 cm³/mol. The van der Waals surface area contributed by atoms with Gasteiger partial charge in [0.15, 0.2) is 0 Å². The quantitative estimate of drug-likeness (QED) is 0.275. The first-order valence-electron chi connectivity index (χ1n) is 1.15. The van der Waals surface area contributed by atoms with Crippen molar-refractivity contribution in [3.63, 3.8) is 0 Å². The summed E-state index contributed by atoms with van der Waals surface area (Å²) in [5, 5.41) is 0. The fourth-order valence-corrected chi connectivity index (χ4v) is 0. The first-order chi connectivity index (χ1) is 1.73. The maximum Gasteiger partial charge on any atom is 1.00 e. The minimum Gasteiger partial charge on any atom is -0.585 e. The average Bonchev–Trinajstić information content (AvgIpc) is 0.811. The molecule has 0 saturated carbocycles. The molecule has 0 aromatic carbocycles. The molecular formula is C2H6B2NNa. The Morgan fingerprint density at radius 2 is 1.33 bits per heavy atom. The van der Waals surface area contributed by atoms with Gasteiger partial charge in [0, 0.05) is 8.41 Å². The van der Waals surface area contributed by atoms with E-state index in [1.807, 2.05) is 0 Å². The molecule has 6 heavy (non-hydrogen) atoms. The van der Waals surface area contributed by atoms with Crippen LogP contribution in [-0.2, 0) is 0 Å². The van der Waals surface area contributed by atoms with Crippen molar-refractivity contribution in [2.24, 2.45) is 0 Å². The van der Waals surface area contributed by atoms with E-state index in [4.69, 9.17) is 7.98 Å². The Morgan fingerprint density at radius 3 is 1.33 bits per heavy atom. The Morgan fingerprint density at radius 1 is 1.33 bits per heavy atom. The second-order valence-electron chi connectivity index (χ2n) is 0.964. The monoisotopic (exact) mass is 89.1 g/mol. The van der Waals surface area contributed by atoms with Crippen molar-refractivity contribution in [2.45, 2.75) is 0 Å². The van der Waals surface area contributed by atoms with Crippen LogP contribution in [0.4, 0.5) is 0 Å². The molecule has 0 aliphatic heterocycles. The topological polar surface area (TPSA) is 3.24 Å². The third-order valence-electron chi connectivity index (χ3n) is 0. The molecule has 0 heterocycles. The van der Waals surface area contributed by atoms with Gasteiger partial charge in [0.2, 0.25) is 0 Å². The SMILES string of the molecule is [B-]N(C)C.[B].[Na+]. The van der Waals surface area contributed by atoms with Crippen LogP contribution in [0.3, 0.4) is 0 Å². The van der Waals surface area contributed by atoms with Gasteiger partial charge in [0.05, 0.1) is 0 Å². The van der Waals surface area contributed by atoms with Crippen molar-refractivity contribution in [3.8, 4) is 0 Å². The van der Waals surface area contributed by atoms with Gasteiger partial charge in [-0.3, -0.25) is 0 Å². The fraction of sp³-hybridized carbons (Fsp3) is 1.00. The molecule has 0 bridgehead atoms. The second-order valence-corrected chi connectivity index (χ2v) is 0.964. The van der Waals surface area contributed by atoms with Gasteiger partial charge in [-0.2, -0.15) is 0 Å². The summed E-state index contributed by atoms with van der Waals surface area (Å²) in [6.07, 6.45) is 0. The average molecular weight is 88.7 g/mol. The van der Waals surface area contributed by atoms with E-state index in [2.05, 4.69) is 0 Å². The summed E-state index contributed by atoms with van der Waals surface area (Å²) >= 11 is 0. The molecule has 0 unspecified atom stereocenters. The van der Waals surface area contributed by atoms with E-state index in [0.717, 1.165) is 0 Å². The zero-order valence-electron chi connectivity index (χ0n) is 4.60. The van der Waals surface area contributed by atoms with Crippen molar-refractivity contribution in [2.75, 3.05) is 14.1 Å². The maximum atomic E-state index is 4.94. The summed E-state index contributed by atoms with van der Waals surface area (Å²) in [6.45, 7) is 0. The summed E-state index contributed by atoms with van der Waals surface area (Å²) in [5.41, 5.74) is 0. The number of nitrogens with zero attached hydrogens (tertiary/aromatic N) is 1. The molecular weight excluding hydrogens is 82.6 g/mol. The van der Waals surface area contributed by atoms with Gasteiger partial charge in [-0.1, -0.05) is 14.1 Å². The third kappa shape index (κ3) is 71.7. The molecule has 0 spiro atoms. The summed E-state index contributed by atoms with van der Waals surface area (Å²) in [7, 11) is 8.50. The van der Waals surface area contributed by atoms with Gasteiger partial charge >= 0.3 is 29.6 Å². The molecule has 0 rings (SSSR count). The Kier molecular flexibility index (Phi) is 24.7. The fourth-order valence-electron chi connectivity index (χ4n) is 0. The summed E-state index contributed by atoms with van der Waals surface area (Å²) in [5.74, 6) is 0. The zero-order chi connectivity index (χ0) is 3.58. The van der Waals surface area contributed by atoms with E-state index in [-0.39, 0.29) is 38.0 Å². The molecule has 0 aliphatic rings. The molecule has 26 valence electrons. The minimum atomic E-state index is 0. The van der Waals surface area contributed by atoms with Crippen LogP contribution < -0.4 is 29.6 Å². The largest absolute Gasteiger partial charge is 1.00 e. The van der Waals surface area contributed by atoms with Crippen LogP contribution in [0.1, 0.15) is 0 Å². The number of hydrogen-bond acceptors (Lipinski definition) is 1. The van der Waals surface area contributed by atoms with Crippen LogP contribution in [0, 0.1) is 0 Å². The van der Waals surface area contributed by atoms with Crippen LogP contribution in [0.15, 0.2) is 0 Å². The molecule has 6 radical (unpaired) electrons. The molecule has 0 aliphatic carbocycles. The molecule has 0 saturated heterocycles. The van der Waals surface area contributed by atoms with Crippen LogP contribution in [0.5, 0.6) is 0 Å². The maximum absolute atomic E-state index is 4.94. The number of hydrogen-bond donors (Lipinski definition) is 0. The first kappa shape index (κ1) is 15.7. The molecule has 0 N–H and O–H groups in total. The summed E-state index contributed by atoms with van der Waals surface area (Å²) in [4.78, 5) is 1.50. The van der Waals surface area contributed by atoms with Crippen molar-refractivity contribution < 1.29 is 29.6 Å². The molecule has 4 heteroatoms. The molecule has 1 nitrogen and oxygen atoms in total. The van der Waals surface area contributed by atoms with Gasteiger partial charge in [-0.05, 0) is 0 Å². The van der Waals surface area contributed by atoms with Crippen molar-refractivity contribution in [3.05, 3.63) is 0 Å². The molecule has 0 atom stereocenters. The van der Waals surface area contributed by atoms with Gasteiger partial charge < -0.3 is 12.8 Å². The van der Waals surface area contributed by atoms with Gasteiger partial charge in [-0.15, -0.1) is 0 Å². The van der Waals surface area contributed by atoms with E-state index >= 15 is 0 Å². The normalized spacial score (nSPS) is 6.00. The minimum absolute atomic E-state index is 0. The van der Waals surface area contributed by atoms with Gasteiger partial charge in [0.1, 0.15) is 0 Å². The molecule has 0 aromatic heterocycles. The first-order valence-corrected chi connectivity index (χ1v) is 1.15. The molecule has 0 fully saturated rings. The molecule has 0 aromatic rings. The standard InChI is InChI=1S/C2H6BN.B.Na/c1-4(2)3;;/h1-2H3;;/q-1;;+1. The van der Waals surface area contributed by atoms with Gasteiger partial charge in [-0.25, -0.2) is 0 Å². The van der Waals surface area contributed by atoms with Crippen LogP contribution >= 0.6 is 0 Å². The van der Waals surface area contributed by atoms with E-state index < -0.39 is 0 Å². The van der Waals surface area contributed by atoms with Gasteiger partial charge in [0.25, 0.3) is 0 Å². The Labute approximate surface area is 64.8 Å². The van der Waals surface area contributed by atoms with Crippen LogP contribution in [0.25, 0.3) is 0 Å². The zero-order valence-corrected chi connectivity index (χ0v) is 6.60. The second kappa shape index (κ2) is 9.43. The smallest absolute Gasteiger partial charge is 0.585 e. The van der Waals surface area contributed by atoms with E-state index in [1.54, 1.807) is 14.1 Å². The van der Waals surface area contributed by atoms with E-state index in [9.17, 15) is 0 Å². The number of rotatable bonds is 0. The Bertz CT molecular complexity index is 16.3. The molecule has 0 amide bonds. The predicted octanol–water partition coefficient (Wildman–Crippen LogP) is -3.75. The Hall–Kier alpha value is 1.09. The van der Waals surface area contributed by atoms with E-state index in [0.29, 0.717) is 0 Å². The summed E-state index contributed by atoms with van der Waals surface area (Å²) in [6, 6.07) is 0. The van der Waals surface area contributed by atoms with Crippen LogP contribution in [0.2, 0.25) is 0 Å². The van der Waals surface area contributed by atoms with Crippen molar-refractivity contribution in [1.82, 2.24) is 4.81 Å². The van der Waals surface area contributed by atoms with Crippen molar-refractivity contribution in [1.29, 1.82) is 0 Å². The Balaban J connectivity index is -0.0000000450. The van der Waals surface area contributed by atoms with Crippen molar-refractivity contribution >= 4 is 16.4 Å². The van der Waals surface area contributed by atoms with Crippen LogP contribution in [-0.4, -0.2) is 35.3 Å².